The van der Waals surface area contributed by atoms with Gasteiger partial charge >= 0.3 is 0 Å². The molecule has 0 unspecified atom stereocenters. The zero-order chi connectivity index (χ0) is 13.0. The normalized spacial score (nSPS) is 15.9. The molecule has 0 heterocycles. The Morgan fingerprint density at radius 1 is 1.28 bits per heavy atom. The highest BCUT2D eigenvalue weighted by Crippen LogP contribution is 2.26. The van der Waals surface area contributed by atoms with E-state index >= 15 is 0 Å². The molecule has 98 valence electrons. The van der Waals surface area contributed by atoms with Crippen LogP contribution < -0.4 is 5.32 Å². The molecule has 0 aromatic heterocycles. The van der Waals surface area contributed by atoms with Crippen LogP contribution in [-0.4, -0.2) is 12.5 Å². The Kier molecular flexibility index (Phi) is 4.28. The molecule has 1 saturated carbocycles. The maximum Gasteiger partial charge on any atom is 0.254 e. The number of carbonyl (C=O) groups excluding carboxylic acids is 1. The third-order valence-electron chi connectivity index (χ3n) is 3.51. The molecule has 0 saturated heterocycles. The van der Waals surface area contributed by atoms with Crippen molar-refractivity contribution in [2.45, 2.75) is 32.1 Å². The van der Waals surface area contributed by atoms with Gasteiger partial charge in [0.1, 0.15) is 0 Å². The quantitative estimate of drug-likeness (QED) is 0.876. The van der Waals surface area contributed by atoms with Crippen LogP contribution in [0.3, 0.4) is 0 Å². The monoisotopic (exact) mass is 253 g/mol. The predicted octanol–water partition coefficient (Wildman–Crippen LogP) is 3.27. The van der Waals surface area contributed by atoms with Crippen molar-refractivity contribution in [2.75, 3.05) is 6.54 Å². The van der Waals surface area contributed by atoms with Crippen molar-refractivity contribution < 1.29 is 13.6 Å². The molecule has 4 heteroatoms. The molecule has 1 aromatic carbocycles. The van der Waals surface area contributed by atoms with Gasteiger partial charge in [-0.2, -0.15) is 0 Å². The van der Waals surface area contributed by atoms with Crippen molar-refractivity contribution in [3.63, 3.8) is 0 Å². The highest BCUT2D eigenvalue weighted by Gasteiger charge is 2.17. The van der Waals surface area contributed by atoms with Crippen molar-refractivity contribution in [3.8, 4) is 0 Å². The second-order valence-electron chi connectivity index (χ2n) is 4.80. The molecule has 0 aliphatic heterocycles. The standard InChI is InChI=1S/C14H17F2NO/c15-12-7-3-6-11(13(12)16)14(18)17-9-8-10-4-1-2-5-10/h3,6-7,10H,1-2,4-5,8-9H2,(H,17,18). The van der Waals surface area contributed by atoms with Gasteiger partial charge in [0.15, 0.2) is 11.6 Å². The maximum absolute atomic E-state index is 13.3. The molecule has 0 bridgehead atoms. The number of amides is 1. The second kappa shape index (κ2) is 5.94. The van der Waals surface area contributed by atoms with Crippen molar-refractivity contribution >= 4 is 5.91 Å². The topological polar surface area (TPSA) is 29.1 Å². The molecule has 2 rings (SSSR count). The van der Waals surface area contributed by atoms with Crippen molar-refractivity contribution in [2.24, 2.45) is 5.92 Å². The fourth-order valence-corrected chi connectivity index (χ4v) is 2.46. The van der Waals surface area contributed by atoms with E-state index in [1.807, 2.05) is 0 Å². The van der Waals surface area contributed by atoms with E-state index in [0.29, 0.717) is 12.5 Å². The molecule has 18 heavy (non-hydrogen) atoms. The number of halogens is 2. The Balaban J connectivity index is 1.85. The van der Waals surface area contributed by atoms with Crippen molar-refractivity contribution in [3.05, 3.63) is 35.4 Å². The van der Waals surface area contributed by atoms with Gasteiger partial charge in [0, 0.05) is 6.54 Å². The lowest BCUT2D eigenvalue weighted by molar-refractivity contribution is 0.0946. The molecule has 1 aliphatic carbocycles. The highest BCUT2D eigenvalue weighted by molar-refractivity contribution is 5.94. The Bertz CT molecular complexity index is 428. The van der Waals surface area contributed by atoms with E-state index in [2.05, 4.69) is 5.32 Å². The Labute approximate surface area is 105 Å². The van der Waals surface area contributed by atoms with Crippen LogP contribution in [0.5, 0.6) is 0 Å². The summed E-state index contributed by atoms with van der Waals surface area (Å²) in [4.78, 5) is 11.7. The minimum atomic E-state index is -1.07. The lowest BCUT2D eigenvalue weighted by atomic mass is 10.0. The highest BCUT2D eigenvalue weighted by atomic mass is 19.2. The minimum absolute atomic E-state index is 0.221. The van der Waals surface area contributed by atoms with Crippen molar-refractivity contribution in [1.29, 1.82) is 0 Å². The Morgan fingerprint density at radius 3 is 2.72 bits per heavy atom. The molecule has 1 N–H and O–H groups in total. The summed E-state index contributed by atoms with van der Waals surface area (Å²) in [6, 6.07) is 3.64. The SMILES string of the molecule is O=C(NCCC1CCCC1)c1cccc(F)c1F. The predicted molar refractivity (Wildman–Crippen MR) is 65.3 cm³/mol. The average molecular weight is 253 g/mol. The number of nitrogens with one attached hydrogen (secondary N) is 1. The fraction of sp³-hybridized carbons (Fsp3) is 0.500. The average Bonchev–Trinajstić information content (AvgIpc) is 2.85. The summed E-state index contributed by atoms with van der Waals surface area (Å²) < 4.78 is 26.3. The van der Waals surface area contributed by atoms with Crippen LogP contribution >= 0.6 is 0 Å². The summed E-state index contributed by atoms with van der Waals surface area (Å²) >= 11 is 0. The molecular formula is C14H17F2NO. The van der Waals surface area contributed by atoms with Gasteiger partial charge in [-0.05, 0) is 24.5 Å². The van der Waals surface area contributed by atoms with Crippen molar-refractivity contribution in [1.82, 2.24) is 5.32 Å². The molecular weight excluding hydrogens is 236 g/mol. The first-order valence-corrected chi connectivity index (χ1v) is 6.40. The van der Waals surface area contributed by atoms with Crippen LogP contribution in [0.2, 0.25) is 0 Å². The van der Waals surface area contributed by atoms with Crippen LogP contribution in [0.25, 0.3) is 0 Å². The molecule has 0 spiro atoms. The lowest BCUT2D eigenvalue weighted by Crippen LogP contribution is -2.26. The number of hydrogen-bond acceptors (Lipinski definition) is 1. The molecule has 1 aromatic rings. The van der Waals surface area contributed by atoms with Gasteiger partial charge in [-0.25, -0.2) is 8.78 Å². The number of hydrogen-bond donors (Lipinski definition) is 1. The summed E-state index contributed by atoms with van der Waals surface area (Å²) in [6.07, 6.45) is 5.87. The fourth-order valence-electron chi connectivity index (χ4n) is 2.46. The van der Waals surface area contributed by atoms with E-state index in [1.54, 1.807) is 0 Å². The van der Waals surface area contributed by atoms with E-state index in [-0.39, 0.29) is 5.56 Å². The maximum atomic E-state index is 13.3. The summed E-state index contributed by atoms with van der Waals surface area (Å²) in [5, 5.41) is 2.65. The number of rotatable bonds is 4. The summed E-state index contributed by atoms with van der Waals surface area (Å²) in [5.74, 6) is -1.93. The zero-order valence-electron chi connectivity index (χ0n) is 10.2. The number of benzene rings is 1. The molecule has 1 amide bonds. The molecule has 1 fully saturated rings. The summed E-state index contributed by atoms with van der Waals surface area (Å²) in [5.41, 5.74) is -0.221. The van der Waals surface area contributed by atoms with Gasteiger partial charge < -0.3 is 5.32 Å². The van der Waals surface area contributed by atoms with Crippen LogP contribution in [0, 0.1) is 17.6 Å². The lowest BCUT2D eigenvalue weighted by Gasteiger charge is -2.10. The van der Waals surface area contributed by atoms with E-state index in [9.17, 15) is 13.6 Å². The van der Waals surface area contributed by atoms with Gasteiger partial charge in [0.2, 0.25) is 0 Å². The molecule has 1 aliphatic rings. The van der Waals surface area contributed by atoms with Crippen LogP contribution in [0.15, 0.2) is 18.2 Å². The van der Waals surface area contributed by atoms with E-state index in [1.165, 1.54) is 37.8 Å². The van der Waals surface area contributed by atoms with Gasteiger partial charge in [-0.1, -0.05) is 31.7 Å². The van der Waals surface area contributed by atoms with E-state index in [0.717, 1.165) is 12.5 Å². The van der Waals surface area contributed by atoms with Gasteiger partial charge in [-0.15, -0.1) is 0 Å². The first kappa shape index (κ1) is 13.0. The van der Waals surface area contributed by atoms with Gasteiger partial charge in [-0.3, -0.25) is 4.79 Å². The smallest absolute Gasteiger partial charge is 0.254 e. The molecule has 0 radical (unpaired) electrons. The van der Waals surface area contributed by atoms with Gasteiger partial charge in [0.05, 0.1) is 5.56 Å². The van der Waals surface area contributed by atoms with E-state index in [4.69, 9.17) is 0 Å². The van der Waals surface area contributed by atoms with Crippen LogP contribution in [-0.2, 0) is 0 Å². The molecule has 2 nitrogen and oxygen atoms in total. The zero-order valence-corrected chi connectivity index (χ0v) is 10.2. The van der Waals surface area contributed by atoms with Crippen LogP contribution in [0.4, 0.5) is 8.78 Å². The van der Waals surface area contributed by atoms with Gasteiger partial charge in [0.25, 0.3) is 5.91 Å². The largest absolute Gasteiger partial charge is 0.352 e. The third kappa shape index (κ3) is 3.06. The van der Waals surface area contributed by atoms with E-state index < -0.39 is 17.5 Å². The first-order valence-electron chi connectivity index (χ1n) is 6.40. The molecule has 0 atom stereocenters. The second-order valence-corrected chi connectivity index (χ2v) is 4.80. The summed E-state index contributed by atoms with van der Waals surface area (Å²) in [6.45, 7) is 0.527. The number of carbonyl (C=O) groups is 1. The third-order valence-corrected chi connectivity index (χ3v) is 3.51. The van der Waals surface area contributed by atoms with Crippen LogP contribution in [0.1, 0.15) is 42.5 Å². The first-order chi connectivity index (χ1) is 8.68. The Morgan fingerprint density at radius 2 is 2.00 bits per heavy atom. The Hall–Kier alpha value is -1.45. The minimum Gasteiger partial charge on any atom is -0.352 e. The summed E-state index contributed by atoms with van der Waals surface area (Å²) in [7, 11) is 0.